The molecule has 2 fully saturated rings. The Hall–Kier alpha value is -1.49. The second-order valence-corrected chi connectivity index (χ2v) is 6.31. The molecule has 2 atom stereocenters. The van der Waals surface area contributed by atoms with E-state index in [2.05, 4.69) is 5.32 Å². The number of carbonyl (C=O) groups is 1. The fraction of sp³-hybridized carbons (Fsp3) is 0.562. The highest BCUT2D eigenvalue weighted by Crippen LogP contribution is 2.38. The van der Waals surface area contributed by atoms with E-state index in [9.17, 15) is 13.6 Å². The van der Waals surface area contributed by atoms with Crippen molar-refractivity contribution < 1.29 is 13.6 Å². The lowest BCUT2D eigenvalue weighted by atomic mass is 9.99. The first-order valence-corrected chi connectivity index (χ1v) is 7.48. The van der Waals surface area contributed by atoms with Crippen LogP contribution in [-0.2, 0) is 4.79 Å². The molecule has 5 heteroatoms. The molecule has 114 valence electrons. The average molecular weight is 294 g/mol. The third kappa shape index (κ3) is 2.55. The summed E-state index contributed by atoms with van der Waals surface area (Å²) >= 11 is 0. The third-order valence-electron chi connectivity index (χ3n) is 4.62. The molecule has 2 aliphatic rings. The van der Waals surface area contributed by atoms with Gasteiger partial charge in [0.2, 0.25) is 5.91 Å². The maximum Gasteiger partial charge on any atom is 0.244 e. The number of nitrogens with zero attached hydrogens (tertiary/aromatic N) is 1. The number of nitrogens with one attached hydrogen (secondary N) is 1. The van der Waals surface area contributed by atoms with E-state index in [1.54, 1.807) is 11.0 Å². The third-order valence-corrected chi connectivity index (χ3v) is 4.62. The van der Waals surface area contributed by atoms with Gasteiger partial charge in [-0.05, 0) is 49.8 Å². The van der Waals surface area contributed by atoms with E-state index in [1.165, 1.54) is 6.07 Å². The van der Waals surface area contributed by atoms with Gasteiger partial charge >= 0.3 is 0 Å². The monoisotopic (exact) mass is 294 g/mol. The van der Waals surface area contributed by atoms with Crippen LogP contribution in [0.2, 0.25) is 0 Å². The molecule has 0 bridgehead atoms. The van der Waals surface area contributed by atoms with Crippen molar-refractivity contribution in [2.75, 3.05) is 6.54 Å². The van der Waals surface area contributed by atoms with E-state index in [1.807, 2.05) is 13.8 Å². The molecule has 1 saturated heterocycles. The quantitative estimate of drug-likeness (QED) is 0.926. The summed E-state index contributed by atoms with van der Waals surface area (Å²) in [4.78, 5) is 14.4. The zero-order valence-corrected chi connectivity index (χ0v) is 12.3. The largest absolute Gasteiger partial charge is 0.321 e. The van der Waals surface area contributed by atoms with Gasteiger partial charge in [0.1, 0.15) is 6.17 Å². The van der Waals surface area contributed by atoms with Crippen molar-refractivity contribution in [3.63, 3.8) is 0 Å². The van der Waals surface area contributed by atoms with Crippen LogP contribution in [0.3, 0.4) is 0 Å². The summed E-state index contributed by atoms with van der Waals surface area (Å²) in [6.45, 7) is 4.51. The normalized spacial score (nSPS) is 29.2. The van der Waals surface area contributed by atoms with Gasteiger partial charge < -0.3 is 4.90 Å². The van der Waals surface area contributed by atoms with Crippen molar-refractivity contribution in [1.29, 1.82) is 0 Å². The Balaban J connectivity index is 1.93. The minimum Gasteiger partial charge on any atom is -0.321 e. The van der Waals surface area contributed by atoms with Crippen molar-refractivity contribution in [3.05, 3.63) is 35.4 Å². The molecule has 1 amide bonds. The molecule has 0 radical (unpaired) electrons. The molecule has 1 heterocycles. The van der Waals surface area contributed by atoms with Gasteiger partial charge in [-0.2, -0.15) is 0 Å². The molecule has 1 aromatic rings. The van der Waals surface area contributed by atoms with Crippen molar-refractivity contribution >= 4 is 5.91 Å². The fourth-order valence-electron chi connectivity index (χ4n) is 2.84. The summed E-state index contributed by atoms with van der Waals surface area (Å²) in [7, 11) is 0. The lowest BCUT2D eigenvalue weighted by Gasteiger charge is -2.24. The predicted molar refractivity (Wildman–Crippen MR) is 75.4 cm³/mol. The molecule has 1 aliphatic heterocycles. The topological polar surface area (TPSA) is 32.3 Å². The molecule has 1 aliphatic carbocycles. The molecule has 3 rings (SSSR count). The van der Waals surface area contributed by atoms with Gasteiger partial charge in [0.15, 0.2) is 11.6 Å². The predicted octanol–water partition coefficient (Wildman–Crippen LogP) is 2.97. The van der Waals surface area contributed by atoms with Crippen LogP contribution in [0.4, 0.5) is 8.78 Å². The fourth-order valence-corrected chi connectivity index (χ4v) is 2.84. The highest BCUT2D eigenvalue weighted by Gasteiger charge is 2.48. The van der Waals surface area contributed by atoms with Crippen molar-refractivity contribution in [3.8, 4) is 0 Å². The lowest BCUT2D eigenvalue weighted by molar-refractivity contribution is -0.133. The van der Waals surface area contributed by atoms with E-state index in [-0.39, 0.29) is 12.1 Å². The summed E-state index contributed by atoms with van der Waals surface area (Å²) in [5.41, 5.74) is -0.0372. The number of amides is 1. The summed E-state index contributed by atoms with van der Waals surface area (Å²) in [6, 6.07) is 3.85. The van der Waals surface area contributed by atoms with E-state index < -0.39 is 17.2 Å². The molecular formula is C16H20F2N2O. The Kier molecular flexibility index (Phi) is 3.48. The Labute approximate surface area is 123 Å². The smallest absolute Gasteiger partial charge is 0.244 e. The SMILES string of the molecule is CCC1(C)NC(c2ccc(F)c(F)c2)N(CC2CC2)C1=O. The molecule has 3 nitrogen and oxygen atoms in total. The van der Waals surface area contributed by atoms with E-state index in [0.717, 1.165) is 18.9 Å². The van der Waals surface area contributed by atoms with Crippen molar-refractivity contribution in [2.24, 2.45) is 5.92 Å². The first-order valence-electron chi connectivity index (χ1n) is 7.48. The molecule has 1 N–H and O–H groups in total. The maximum atomic E-state index is 13.5. The van der Waals surface area contributed by atoms with Gasteiger partial charge in [-0.15, -0.1) is 0 Å². The number of benzene rings is 1. The standard InChI is InChI=1S/C16H20F2N2O/c1-3-16(2)15(21)20(9-10-4-5-10)14(19-16)11-6-7-12(17)13(18)8-11/h6-8,10,14,19H,3-5,9H2,1-2H3. The van der Waals surface area contributed by atoms with Crippen LogP contribution in [-0.4, -0.2) is 22.9 Å². The van der Waals surface area contributed by atoms with E-state index in [0.29, 0.717) is 24.4 Å². The minimum atomic E-state index is -0.877. The van der Waals surface area contributed by atoms with Crippen molar-refractivity contribution in [2.45, 2.75) is 44.8 Å². The van der Waals surface area contributed by atoms with E-state index in [4.69, 9.17) is 0 Å². The second-order valence-electron chi connectivity index (χ2n) is 6.31. The Morgan fingerprint density at radius 2 is 2.05 bits per heavy atom. The van der Waals surface area contributed by atoms with Gasteiger partial charge in [0, 0.05) is 6.54 Å². The molecule has 2 unspecified atom stereocenters. The number of hydrogen-bond donors (Lipinski definition) is 1. The Bertz CT molecular complexity index is 573. The summed E-state index contributed by atoms with van der Waals surface area (Å²) in [5, 5.41) is 3.30. The molecule has 1 saturated carbocycles. The van der Waals surface area contributed by atoms with Gasteiger partial charge in [0.25, 0.3) is 0 Å². The van der Waals surface area contributed by atoms with Crippen LogP contribution >= 0.6 is 0 Å². The van der Waals surface area contributed by atoms with Crippen LogP contribution in [0.5, 0.6) is 0 Å². The number of hydrogen-bond acceptors (Lipinski definition) is 2. The van der Waals surface area contributed by atoms with Crippen molar-refractivity contribution in [1.82, 2.24) is 10.2 Å². The Morgan fingerprint density at radius 1 is 1.33 bits per heavy atom. The van der Waals surface area contributed by atoms with Crippen LogP contribution in [0.1, 0.15) is 44.8 Å². The zero-order valence-electron chi connectivity index (χ0n) is 12.3. The van der Waals surface area contributed by atoms with Crippen LogP contribution in [0, 0.1) is 17.6 Å². The highest BCUT2D eigenvalue weighted by atomic mass is 19.2. The minimum absolute atomic E-state index is 0.0478. The summed E-state index contributed by atoms with van der Waals surface area (Å²) < 4.78 is 26.6. The van der Waals surface area contributed by atoms with Gasteiger partial charge in [-0.1, -0.05) is 13.0 Å². The molecule has 21 heavy (non-hydrogen) atoms. The second kappa shape index (κ2) is 5.05. The maximum absolute atomic E-state index is 13.5. The molecule has 0 aromatic heterocycles. The van der Waals surface area contributed by atoms with Gasteiger partial charge in [-0.25, -0.2) is 8.78 Å². The van der Waals surface area contributed by atoms with Crippen LogP contribution in [0.15, 0.2) is 18.2 Å². The summed E-state index contributed by atoms with van der Waals surface area (Å²) in [5.74, 6) is -1.15. The first-order chi connectivity index (χ1) is 9.94. The Morgan fingerprint density at radius 3 is 2.62 bits per heavy atom. The summed E-state index contributed by atoms with van der Waals surface area (Å²) in [6.07, 6.45) is 2.56. The lowest BCUT2D eigenvalue weighted by Crippen LogP contribution is -2.43. The number of carbonyl (C=O) groups excluding carboxylic acids is 1. The zero-order chi connectivity index (χ0) is 15.2. The molecule has 1 aromatic carbocycles. The van der Waals surface area contributed by atoms with Crippen LogP contribution in [0.25, 0.3) is 0 Å². The van der Waals surface area contributed by atoms with Gasteiger partial charge in [0.05, 0.1) is 5.54 Å². The highest BCUT2D eigenvalue weighted by molar-refractivity contribution is 5.88. The number of rotatable bonds is 4. The van der Waals surface area contributed by atoms with E-state index >= 15 is 0 Å². The first kappa shape index (κ1) is 14.4. The molecule has 0 spiro atoms. The van der Waals surface area contributed by atoms with Crippen LogP contribution < -0.4 is 5.32 Å². The molecular weight excluding hydrogens is 274 g/mol. The number of halogens is 2. The average Bonchev–Trinajstić information content (AvgIpc) is 3.24. The van der Waals surface area contributed by atoms with Gasteiger partial charge in [-0.3, -0.25) is 10.1 Å².